The van der Waals surface area contributed by atoms with Crippen LogP contribution in [0.1, 0.15) is 17.5 Å². The highest BCUT2D eigenvalue weighted by molar-refractivity contribution is 5.46. The van der Waals surface area contributed by atoms with Crippen molar-refractivity contribution in [2.75, 3.05) is 49.2 Å². The lowest BCUT2D eigenvalue weighted by Gasteiger charge is -2.28. The molecule has 1 atom stereocenters. The maximum absolute atomic E-state index is 14.2. The Morgan fingerprint density at radius 3 is 2.78 bits per heavy atom. The van der Waals surface area contributed by atoms with E-state index in [1.165, 1.54) is 11.8 Å². The van der Waals surface area contributed by atoms with Gasteiger partial charge in [0.25, 0.3) is 0 Å². The summed E-state index contributed by atoms with van der Waals surface area (Å²) in [6, 6.07) is 8.09. The molecule has 0 radical (unpaired) electrons. The predicted octanol–water partition coefficient (Wildman–Crippen LogP) is 2.01. The van der Waals surface area contributed by atoms with Crippen LogP contribution in [0.4, 0.5) is 16.2 Å². The van der Waals surface area contributed by atoms with Crippen molar-refractivity contribution < 1.29 is 14.2 Å². The van der Waals surface area contributed by atoms with E-state index in [9.17, 15) is 9.50 Å². The molecule has 0 saturated carbocycles. The van der Waals surface area contributed by atoms with Gasteiger partial charge in [0.1, 0.15) is 0 Å². The van der Waals surface area contributed by atoms with Gasteiger partial charge in [-0.3, -0.25) is 0 Å². The molecular formula is C20H25FN4O2. The Hall–Kier alpha value is -2.25. The topological polar surface area (TPSA) is 61.7 Å². The lowest BCUT2D eigenvalue weighted by molar-refractivity contribution is 0.122. The number of aliphatic hydroxyl groups excluding tert-OH is 1. The van der Waals surface area contributed by atoms with Crippen molar-refractivity contribution in [1.82, 2.24) is 9.97 Å². The number of anilines is 2. The molecule has 2 fully saturated rings. The summed E-state index contributed by atoms with van der Waals surface area (Å²) in [6.07, 6.45) is 3.30. The molecule has 2 aliphatic heterocycles. The van der Waals surface area contributed by atoms with E-state index >= 15 is 0 Å². The number of rotatable bonds is 5. The number of aliphatic hydroxyl groups is 1. The average Bonchev–Trinajstić information content (AvgIpc) is 3.17. The second-order valence-electron chi connectivity index (χ2n) is 7.22. The minimum atomic E-state index is -0.378. The minimum Gasteiger partial charge on any atom is -0.392 e. The first-order chi connectivity index (χ1) is 13.2. The Labute approximate surface area is 158 Å². The third-order valence-corrected chi connectivity index (χ3v) is 5.29. The smallest absolute Gasteiger partial charge is 0.227 e. The lowest BCUT2D eigenvalue weighted by Crippen LogP contribution is -2.37. The number of ether oxygens (including phenoxy) is 1. The van der Waals surface area contributed by atoms with E-state index in [4.69, 9.17) is 4.74 Å². The fourth-order valence-electron chi connectivity index (χ4n) is 3.87. The molecule has 6 nitrogen and oxygen atoms in total. The van der Waals surface area contributed by atoms with Gasteiger partial charge in [-0.2, -0.15) is 4.98 Å². The quantitative estimate of drug-likeness (QED) is 0.866. The summed E-state index contributed by atoms with van der Waals surface area (Å²) < 4.78 is 19.6. The Morgan fingerprint density at radius 1 is 1.15 bits per heavy atom. The highest BCUT2D eigenvalue weighted by atomic mass is 19.1. The van der Waals surface area contributed by atoms with Crippen molar-refractivity contribution >= 4 is 11.8 Å². The van der Waals surface area contributed by atoms with E-state index in [0.717, 1.165) is 31.5 Å². The van der Waals surface area contributed by atoms with Crippen molar-refractivity contribution in [2.24, 2.45) is 5.92 Å². The molecule has 4 rings (SSSR count). The van der Waals surface area contributed by atoms with E-state index in [0.29, 0.717) is 44.0 Å². The number of hydrogen-bond donors (Lipinski definition) is 1. The van der Waals surface area contributed by atoms with Crippen LogP contribution in [0.15, 0.2) is 30.5 Å². The van der Waals surface area contributed by atoms with Crippen LogP contribution in [0.3, 0.4) is 0 Å². The molecule has 144 valence electrons. The fraction of sp³-hybridized carbons (Fsp3) is 0.500. The summed E-state index contributed by atoms with van der Waals surface area (Å²) in [6.45, 7) is 4.29. The molecule has 0 aliphatic carbocycles. The lowest BCUT2D eigenvalue weighted by atomic mass is 9.97. The van der Waals surface area contributed by atoms with Crippen molar-refractivity contribution in [3.8, 4) is 0 Å². The molecule has 0 unspecified atom stereocenters. The second kappa shape index (κ2) is 8.19. The number of nitrogens with zero attached hydrogens (tertiary/aromatic N) is 4. The van der Waals surface area contributed by atoms with Crippen LogP contribution >= 0.6 is 0 Å². The zero-order valence-electron chi connectivity index (χ0n) is 15.4. The van der Waals surface area contributed by atoms with Gasteiger partial charge in [-0.15, -0.1) is 0 Å². The van der Waals surface area contributed by atoms with Gasteiger partial charge in [0, 0.05) is 26.2 Å². The molecule has 7 heteroatoms. The van der Waals surface area contributed by atoms with E-state index in [1.54, 1.807) is 0 Å². The first-order valence-electron chi connectivity index (χ1n) is 9.52. The number of halogens is 1. The van der Waals surface area contributed by atoms with E-state index < -0.39 is 0 Å². The van der Waals surface area contributed by atoms with Gasteiger partial charge in [-0.05, 0) is 29.9 Å². The van der Waals surface area contributed by atoms with Gasteiger partial charge in [0.2, 0.25) is 5.95 Å². The Kier molecular flexibility index (Phi) is 5.50. The van der Waals surface area contributed by atoms with Gasteiger partial charge in [-0.1, -0.05) is 24.3 Å². The first-order valence-corrected chi connectivity index (χ1v) is 9.52. The molecule has 27 heavy (non-hydrogen) atoms. The monoisotopic (exact) mass is 372 g/mol. The third kappa shape index (κ3) is 4.20. The maximum Gasteiger partial charge on any atom is 0.227 e. The number of morpholine rings is 1. The fourth-order valence-corrected chi connectivity index (χ4v) is 3.87. The second-order valence-corrected chi connectivity index (χ2v) is 7.22. The summed E-state index contributed by atoms with van der Waals surface area (Å²) in [7, 11) is 0. The van der Waals surface area contributed by atoms with Crippen molar-refractivity contribution in [3.05, 3.63) is 47.4 Å². The molecular weight excluding hydrogens is 347 g/mol. The zero-order valence-corrected chi connectivity index (χ0v) is 15.4. The molecule has 1 aromatic heterocycles. The molecule has 0 bridgehead atoms. The van der Waals surface area contributed by atoms with Crippen molar-refractivity contribution in [3.63, 3.8) is 0 Å². The van der Waals surface area contributed by atoms with Gasteiger partial charge in [-0.25, -0.2) is 9.37 Å². The van der Waals surface area contributed by atoms with Crippen LogP contribution in [0.5, 0.6) is 0 Å². The average molecular weight is 372 g/mol. The van der Waals surface area contributed by atoms with Crippen LogP contribution in [0.25, 0.3) is 0 Å². The number of hydrogen-bond acceptors (Lipinski definition) is 6. The SMILES string of the molecule is OCc1cccc(C[C@H]2CCN(c3ncc(F)c(N4CCOCC4)n3)C2)c1. The first kappa shape index (κ1) is 18.1. The zero-order chi connectivity index (χ0) is 18.6. The third-order valence-electron chi connectivity index (χ3n) is 5.29. The van der Waals surface area contributed by atoms with Crippen LogP contribution in [-0.4, -0.2) is 54.5 Å². The summed E-state index contributed by atoms with van der Waals surface area (Å²) in [5.41, 5.74) is 2.18. The molecule has 2 saturated heterocycles. The van der Waals surface area contributed by atoms with E-state index in [2.05, 4.69) is 27.0 Å². The van der Waals surface area contributed by atoms with E-state index in [1.807, 2.05) is 17.0 Å². The number of benzene rings is 1. The Morgan fingerprint density at radius 2 is 1.96 bits per heavy atom. The van der Waals surface area contributed by atoms with Crippen LogP contribution in [0, 0.1) is 11.7 Å². The predicted molar refractivity (Wildman–Crippen MR) is 101 cm³/mol. The van der Waals surface area contributed by atoms with Crippen LogP contribution < -0.4 is 9.80 Å². The Bertz CT molecular complexity index is 782. The summed E-state index contributed by atoms with van der Waals surface area (Å²) in [4.78, 5) is 12.8. The summed E-state index contributed by atoms with van der Waals surface area (Å²) in [5, 5.41) is 9.30. The highest BCUT2D eigenvalue weighted by Gasteiger charge is 2.26. The van der Waals surface area contributed by atoms with Gasteiger partial charge in [0.05, 0.1) is 26.0 Å². The number of aromatic nitrogens is 2. The van der Waals surface area contributed by atoms with Crippen LogP contribution in [0.2, 0.25) is 0 Å². The van der Waals surface area contributed by atoms with Gasteiger partial charge < -0.3 is 19.6 Å². The Balaban J connectivity index is 1.43. The molecule has 2 aromatic rings. The molecule has 3 heterocycles. The van der Waals surface area contributed by atoms with E-state index in [-0.39, 0.29) is 12.4 Å². The summed E-state index contributed by atoms with van der Waals surface area (Å²) in [5.74, 6) is 1.10. The normalized spacial score (nSPS) is 20.3. The molecule has 1 aromatic carbocycles. The molecule has 2 aliphatic rings. The van der Waals surface area contributed by atoms with Crippen LogP contribution in [-0.2, 0) is 17.8 Å². The molecule has 1 N–H and O–H groups in total. The maximum atomic E-state index is 14.2. The van der Waals surface area contributed by atoms with Gasteiger partial charge >= 0.3 is 0 Å². The standard InChI is InChI=1S/C20H25FN4O2/c21-18-12-22-20(23-19(18)24-6-8-27-9-7-24)25-5-4-16(13-25)10-15-2-1-3-17(11-15)14-26/h1-3,11-12,16,26H,4-10,13-14H2/t16-/m1/s1. The highest BCUT2D eigenvalue weighted by Crippen LogP contribution is 2.26. The molecule has 0 amide bonds. The van der Waals surface area contributed by atoms with Gasteiger partial charge in [0.15, 0.2) is 11.6 Å². The van der Waals surface area contributed by atoms with Crippen molar-refractivity contribution in [1.29, 1.82) is 0 Å². The van der Waals surface area contributed by atoms with Crippen molar-refractivity contribution in [2.45, 2.75) is 19.4 Å². The summed E-state index contributed by atoms with van der Waals surface area (Å²) >= 11 is 0. The largest absolute Gasteiger partial charge is 0.392 e. The minimum absolute atomic E-state index is 0.0678. The molecule has 0 spiro atoms.